The summed E-state index contributed by atoms with van der Waals surface area (Å²) in [6.07, 6.45) is 0. The second-order valence-corrected chi connectivity index (χ2v) is 7.92. The van der Waals surface area contributed by atoms with Crippen molar-refractivity contribution in [1.82, 2.24) is 14.8 Å². The monoisotopic (exact) mass is 493 g/mol. The highest BCUT2D eigenvalue weighted by Crippen LogP contribution is 2.29. The number of rotatable bonds is 9. The summed E-state index contributed by atoms with van der Waals surface area (Å²) < 4.78 is 11.8. The second kappa shape index (κ2) is 10.6. The number of hydrogen-bond donors (Lipinski definition) is 1. The maximum atomic E-state index is 12.6. The van der Waals surface area contributed by atoms with Crippen LogP contribution in [0.5, 0.6) is 5.75 Å². The Bertz CT molecular complexity index is 1350. The average Bonchev–Trinajstić information content (AvgIpc) is 3.54. The highest BCUT2D eigenvalue weighted by atomic mass is 32.1. The van der Waals surface area contributed by atoms with Crippen LogP contribution in [0.25, 0.3) is 16.4 Å². The SMILES string of the molecule is CCOc1ccc(NC(=O)COC(=O)c2nc(-c3cccs3)n(-c3ccccc3)n2)c([N+](=O)[O-])c1. The third-order valence-electron chi connectivity index (χ3n) is 4.62. The first-order valence-corrected chi connectivity index (χ1v) is 11.3. The number of ether oxygens (including phenoxy) is 2. The predicted octanol–water partition coefficient (Wildman–Crippen LogP) is 4.10. The van der Waals surface area contributed by atoms with E-state index in [-0.39, 0.29) is 17.2 Å². The fourth-order valence-electron chi connectivity index (χ4n) is 3.12. The minimum atomic E-state index is -0.908. The van der Waals surface area contributed by atoms with E-state index in [2.05, 4.69) is 15.4 Å². The van der Waals surface area contributed by atoms with Gasteiger partial charge < -0.3 is 14.8 Å². The Morgan fingerprint density at radius 3 is 2.63 bits per heavy atom. The number of hydrogen-bond acceptors (Lipinski definition) is 9. The van der Waals surface area contributed by atoms with E-state index in [1.54, 1.807) is 6.92 Å². The lowest BCUT2D eigenvalue weighted by Gasteiger charge is -2.08. The van der Waals surface area contributed by atoms with Crippen LogP contribution in [-0.2, 0) is 9.53 Å². The van der Waals surface area contributed by atoms with Crippen LogP contribution in [0.4, 0.5) is 11.4 Å². The maximum absolute atomic E-state index is 12.6. The quantitative estimate of drug-likeness (QED) is 0.209. The molecule has 0 saturated carbocycles. The summed E-state index contributed by atoms with van der Waals surface area (Å²) in [6.45, 7) is 1.40. The van der Waals surface area contributed by atoms with Crippen molar-refractivity contribution < 1.29 is 24.0 Å². The molecular weight excluding hydrogens is 474 g/mol. The first-order chi connectivity index (χ1) is 17.0. The van der Waals surface area contributed by atoms with Gasteiger partial charge in [0.1, 0.15) is 11.4 Å². The molecule has 0 aliphatic carbocycles. The van der Waals surface area contributed by atoms with Crippen LogP contribution in [-0.4, -0.2) is 44.8 Å². The van der Waals surface area contributed by atoms with E-state index in [9.17, 15) is 19.7 Å². The third-order valence-corrected chi connectivity index (χ3v) is 5.48. The Labute approximate surface area is 203 Å². The smallest absolute Gasteiger partial charge is 0.378 e. The zero-order valence-electron chi connectivity index (χ0n) is 18.4. The van der Waals surface area contributed by atoms with E-state index in [1.165, 1.54) is 34.2 Å². The number of nitro benzene ring substituents is 1. The van der Waals surface area contributed by atoms with E-state index in [4.69, 9.17) is 9.47 Å². The maximum Gasteiger partial charge on any atom is 0.378 e. The fraction of sp³-hybridized carbons (Fsp3) is 0.130. The molecule has 0 bridgehead atoms. The van der Waals surface area contributed by atoms with Crippen molar-refractivity contribution in [3.8, 4) is 22.1 Å². The van der Waals surface area contributed by atoms with E-state index < -0.39 is 23.4 Å². The summed E-state index contributed by atoms with van der Waals surface area (Å²) in [7, 11) is 0. The molecule has 0 fully saturated rings. The minimum absolute atomic E-state index is 0.0500. The molecule has 2 heterocycles. The fourth-order valence-corrected chi connectivity index (χ4v) is 3.82. The lowest BCUT2D eigenvalue weighted by molar-refractivity contribution is -0.384. The van der Waals surface area contributed by atoms with Gasteiger partial charge in [0.2, 0.25) is 0 Å². The number of benzene rings is 2. The Morgan fingerprint density at radius 2 is 1.94 bits per heavy atom. The molecule has 0 radical (unpaired) electrons. The molecule has 11 nitrogen and oxygen atoms in total. The molecule has 2 aromatic heterocycles. The Hall–Kier alpha value is -4.58. The van der Waals surface area contributed by atoms with Gasteiger partial charge in [-0.3, -0.25) is 14.9 Å². The molecule has 4 aromatic rings. The van der Waals surface area contributed by atoms with Crippen molar-refractivity contribution in [3.63, 3.8) is 0 Å². The van der Waals surface area contributed by atoms with Gasteiger partial charge in [0, 0.05) is 0 Å². The molecule has 0 atom stereocenters. The Morgan fingerprint density at radius 1 is 1.14 bits per heavy atom. The van der Waals surface area contributed by atoms with Crippen molar-refractivity contribution in [2.45, 2.75) is 6.92 Å². The van der Waals surface area contributed by atoms with Gasteiger partial charge in [-0.05, 0) is 42.6 Å². The van der Waals surface area contributed by atoms with E-state index >= 15 is 0 Å². The summed E-state index contributed by atoms with van der Waals surface area (Å²) in [5.74, 6) is -1.14. The molecule has 0 spiro atoms. The van der Waals surface area contributed by atoms with Crippen molar-refractivity contribution >= 4 is 34.6 Å². The summed E-state index contributed by atoms with van der Waals surface area (Å²) >= 11 is 1.43. The largest absolute Gasteiger partial charge is 0.494 e. The van der Waals surface area contributed by atoms with E-state index in [0.29, 0.717) is 23.9 Å². The third kappa shape index (κ3) is 5.50. The van der Waals surface area contributed by atoms with Crippen LogP contribution in [0.15, 0.2) is 66.0 Å². The number of carbonyl (C=O) groups is 2. The summed E-state index contributed by atoms with van der Waals surface area (Å²) in [5.41, 5.74) is 0.299. The normalized spacial score (nSPS) is 10.5. The predicted molar refractivity (Wildman–Crippen MR) is 128 cm³/mol. The number of para-hydroxylation sites is 1. The molecule has 4 rings (SSSR count). The Kier molecular flexibility index (Phi) is 7.12. The molecule has 2 aromatic carbocycles. The van der Waals surface area contributed by atoms with Crippen LogP contribution in [0.3, 0.4) is 0 Å². The number of nitrogens with one attached hydrogen (secondary N) is 1. The van der Waals surface area contributed by atoms with Crippen LogP contribution in [0, 0.1) is 10.1 Å². The Balaban J connectivity index is 1.47. The van der Waals surface area contributed by atoms with Gasteiger partial charge in [-0.2, -0.15) is 4.98 Å². The molecule has 0 aliphatic heterocycles. The number of carbonyl (C=O) groups excluding carboxylic acids is 2. The first-order valence-electron chi connectivity index (χ1n) is 10.4. The van der Waals surface area contributed by atoms with Gasteiger partial charge in [-0.1, -0.05) is 24.3 Å². The lowest BCUT2D eigenvalue weighted by Crippen LogP contribution is -2.22. The van der Waals surface area contributed by atoms with Gasteiger partial charge in [0.15, 0.2) is 12.4 Å². The van der Waals surface area contributed by atoms with Gasteiger partial charge in [-0.25, -0.2) is 9.48 Å². The van der Waals surface area contributed by atoms with Crippen molar-refractivity contribution in [1.29, 1.82) is 0 Å². The van der Waals surface area contributed by atoms with Crippen molar-refractivity contribution in [3.05, 3.63) is 82.0 Å². The topological polar surface area (TPSA) is 138 Å². The standard InChI is InChI=1S/C23H19N5O6S/c1-2-33-16-10-11-17(18(13-16)28(31)32)24-20(29)14-34-23(30)21-25-22(19-9-6-12-35-19)27(26-21)15-7-4-3-5-8-15/h3-13H,2,14H2,1H3,(H,24,29). The molecule has 1 N–H and O–H groups in total. The highest BCUT2D eigenvalue weighted by molar-refractivity contribution is 7.13. The molecule has 178 valence electrons. The summed E-state index contributed by atoms with van der Waals surface area (Å²) in [4.78, 5) is 40.7. The van der Waals surface area contributed by atoms with Gasteiger partial charge >= 0.3 is 5.97 Å². The van der Waals surface area contributed by atoms with Gasteiger partial charge in [0.05, 0.1) is 28.2 Å². The highest BCUT2D eigenvalue weighted by Gasteiger charge is 2.22. The molecule has 12 heteroatoms. The van der Waals surface area contributed by atoms with Crippen LogP contribution in [0.2, 0.25) is 0 Å². The van der Waals surface area contributed by atoms with Gasteiger partial charge in [-0.15, -0.1) is 16.4 Å². The van der Waals surface area contributed by atoms with Crippen LogP contribution in [0.1, 0.15) is 17.5 Å². The zero-order valence-corrected chi connectivity index (χ0v) is 19.2. The average molecular weight is 494 g/mol. The number of thiophene rings is 1. The van der Waals surface area contributed by atoms with Crippen LogP contribution >= 0.6 is 11.3 Å². The lowest BCUT2D eigenvalue weighted by atomic mass is 10.2. The molecule has 0 aliphatic rings. The number of anilines is 1. The van der Waals surface area contributed by atoms with Crippen LogP contribution < -0.4 is 10.1 Å². The van der Waals surface area contributed by atoms with E-state index in [0.717, 1.165) is 4.88 Å². The number of nitro groups is 1. The first kappa shape index (κ1) is 23.6. The number of nitrogens with zero attached hydrogens (tertiary/aromatic N) is 4. The number of esters is 1. The summed E-state index contributed by atoms with van der Waals surface area (Å²) in [6, 6.07) is 16.9. The molecule has 1 amide bonds. The van der Waals surface area contributed by atoms with Gasteiger partial charge in [0.25, 0.3) is 17.4 Å². The minimum Gasteiger partial charge on any atom is -0.494 e. The number of amides is 1. The number of aromatic nitrogens is 3. The summed E-state index contributed by atoms with van der Waals surface area (Å²) in [5, 5.41) is 19.9. The molecular formula is C23H19N5O6S. The van der Waals surface area contributed by atoms with E-state index in [1.807, 2.05) is 47.8 Å². The molecule has 35 heavy (non-hydrogen) atoms. The molecule has 0 saturated heterocycles. The molecule has 0 unspecified atom stereocenters. The van der Waals surface area contributed by atoms with Crippen molar-refractivity contribution in [2.75, 3.05) is 18.5 Å². The second-order valence-electron chi connectivity index (χ2n) is 6.98. The van der Waals surface area contributed by atoms with Crippen molar-refractivity contribution in [2.24, 2.45) is 0 Å². The zero-order chi connectivity index (χ0) is 24.8.